The second-order valence-corrected chi connectivity index (χ2v) is 7.23. The number of hydrogen-bond acceptors (Lipinski definition) is 3. The maximum absolute atomic E-state index is 6.05. The SMILES string of the molecule is CN(C)CCNCc1ccc(-c2ccc(OC3CCCC3)cc2)cc1. The van der Waals surface area contributed by atoms with Crippen molar-refractivity contribution in [2.24, 2.45) is 0 Å². The van der Waals surface area contributed by atoms with Gasteiger partial charge < -0.3 is 15.0 Å². The molecule has 0 unspecified atom stereocenters. The molecule has 0 saturated heterocycles. The third kappa shape index (κ3) is 5.58. The Morgan fingerprint density at radius 1 is 0.920 bits per heavy atom. The molecule has 1 fully saturated rings. The van der Waals surface area contributed by atoms with Gasteiger partial charge in [0, 0.05) is 19.6 Å². The van der Waals surface area contributed by atoms with Crippen LogP contribution in [0, 0.1) is 0 Å². The minimum absolute atomic E-state index is 0.421. The van der Waals surface area contributed by atoms with E-state index in [0.717, 1.165) is 25.4 Å². The number of benzene rings is 2. The van der Waals surface area contributed by atoms with E-state index < -0.39 is 0 Å². The van der Waals surface area contributed by atoms with Crippen LogP contribution in [0.1, 0.15) is 31.2 Å². The van der Waals surface area contributed by atoms with Gasteiger partial charge in [-0.2, -0.15) is 0 Å². The summed E-state index contributed by atoms with van der Waals surface area (Å²) < 4.78 is 6.05. The van der Waals surface area contributed by atoms with Gasteiger partial charge in [0.05, 0.1) is 6.10 Å². The Balaban J connectivity index is 1.52. The number of nitrogens with one attached hydrogen (secondary N) is 1. The zero-order valence-corrected chi connectivity index (χ0v) is 15.5. The molecule has 1 saturated carbocycles. The van der Waals surface area contributed by atoms with E-state index in [1.807, 2.05) is 0 Å². The summed E-state index contributed by atoms with van der Waals surface area (Å²) in [6.45, 7) is 2.99. The van der Waals surface area contributed by atoms with Gasteiger partial charge in [-0.3, -0.25) is 0 Å². The van der Waals surface area contributed by atoms with Crippen molar-refractivity contribution in [3.05, 3.63) is 54.1 Å². The predicted molar refractivity (Wildman–Crippen MR) is 105 cm³/mol. The van der Waals surface area contributed by atoms with Crippen molar-refractivity contribution in [3.63, 3.8) is 0 Å². The van der Waals surface area contributed by atoms with Crippen molar-refractivity contribution < 1.29 is 4.74 Å². The van der Waals surface area contributed by atoms with Gasteiger partial charge in [0.25, 0.3) is 0 Å². The second kappa shape index (κ2) is 9.02. The molecule has 0 bridgehead atoms. The number of rotatable bonds is 8. The molecule has 0 heterocycles. The fourth-order valence-corrected chi connectivity index (χ4v) is 3.28. The number of hydrogen-bond donors (Lipinski definition) is 1. The van der Waals surface area contributed by atoms with E-state index in [0.29, 0.717) is 6.10 Å². The first-order valence-corrected chi connectivity index (χ1v) is 9.42. The van der Waals surface area contributed by atoms with Gasteiger partial charge in [-0.05, 0) is 68.6 Å². The van der Waals surface area contributed by atoms with Gasteiger partial charge in [0.1, 0.15) is 5.75 Å². The summed E-state index contributed by atoms with van der Waals surface area (Å²) in [5.41, 5.74) is 3.82. The van der Waals surface area contributed by atoms with Crippen molar-refractivity contribution in [3.8, 4) is 16.9 Å². The lowest BCUT2D eigenvalue weighted by Crippen LogP contribution is -2.26. The first kappa shape index (κ1) is 18.0. The topological polar surface area (TPSA) is 24.5 Å². The van der Waals surface area contributed by atoms with Gasteiger partial charge in [0.15, 0.2) is 0 Å². The molecular formula is C22H30N2O. The quantitative estimate of drug-likeness (QED) is 0.725. The Morgan fingerprint density at radius 3 is 2.12 bits per heavy atom. The monoisotopic (exact) mass is 338 g/mol. The summed E-state index contributed by atoms with van der Waals surface area (Å²) in [6.07, 6.45) is 5.43. The zero-order valence-electron chi connectivity index (χ0n) is 15.5. The highest BCUT2D eigenvalue weighted by Crippen LogP contribution is 2.27. The Kier molecular flexibility index (Phi) is 6.48. The van der Waals surface area contributed by atoms with Crippen molar-refractivity contribution in [2.75, 3.05) is 27.2 Å². The van der Waals surface area contributed by atoms with Crippen LogP contribution in [-0.4, -0.2) is 38.2 Å². The van der Waals surface area contributed by atoms with Crippen LogP contribution < -0.4 is 10.1 Å². The Hall–Kier alpha value is -1.84. The minimum Gasteiger partial charge on any atom is -0.490 e. The van der Waals surface area contributed by atoms with E-state index in [-0.39, 0.29) is 0 Å². The van der Waals surface area contributed by atoms with Crippen LogP contribution in [0.4, 0.5) is 0 Å². The Morgan fingerprint density at radius 2 is 1.52 bits per heavy atom. The van der Waals surface area contributed by atoms with Crippen LogP contribution in [0.25, 0.3) is 11.1 Å². The van der Waals surface area contributed by atoms with Crippen molar-refractivity contribution in [2.45, 2.75) is 38.3 Å². The second-order valence-electron chi connectivity index (χ2n) is 7.23. The molecule has 25 heavy (non-hydrogen) atoms. The smallest absolute Gasteiger partial charge is 0.119 e. The normalized spacial score (nSPS) is 15.0. The summed E-state index contributed by atoms with van der Waals surface area (Å²) in [4.78, 5) is 2.19. The molecule has 1 aliphatic carbocycles. The highest BCUT2D eigenvalue weighted by Gasteiger charge is 2.16. The molecule has 0 spiro atoms. The molecule has 2 aromatic carbocycles. The van der Waals surface area contributed by atoms with Gasteiger partial charge in [-0.25, -0.2) is 0 Å². The number of nitrogens with zero attached hydrogens (tertiary/aromatic N) is 1. The van der Waals surface area contributed by atoms with Crippen LogP contribution >= 0.6 is 0 Å². The van der Waals surface area contributed by atoms with Crippen LogP contribution in [0.15, 0.2) is 48.5 Å². The first-order valence-electron chi connectivity index (χ1n) is 9.42. The lowest BCUT2D eigenvalue weighted by Gasteiger charge is -2.13. The Labute approximate surface area is 152 Å². The highest BCUT2D eigenvalue weighted by atomic mass is 16.5. The molecular weight excluding hydrogens is 308 g/mol. The lowest BCUT2D eigenvalue weighted by molar-refractivity contribution is 0.210. The summed E-state index contributed by atoms with van der Waals surface area (Å²) >= 11 is 0. The zero-order chi connectivity index (χ0) is 17.5. The molecule has 134 valence electrons. The average Bonchev–Trinajstić information content (AvgIpc) is 3.13. The van der Waals surface area contributed by atoms with Crippen LogP contribution in [0.3, 0.4) is 0 Å². The third-order valence-corrected chi connectivity index (χ3v) is 4.81. The summed E-state index contributed by atoms with van der Waals surface area (Å²) in [5.74, 6) is 0.998. The minimum atomic E-state index is 0.421. The van der Waals surface area contributed by atoms with Crippen LogP contribution in [0.5, 0.6) is 5.75 Å². The van der Waals surface area contributed by atoms with E-state index in [9.17, 15) is 0 Å². The Bertz CT molecular complexity index is 628. The van der Waals surface area contributed by atoms with E-state index in [1.165, 1.54) is 42.4 Å². The largest absolute Gasteiger partial charge is 0.490 e. The molecule has 0 atom stereocenters. The highest BCUT2D eigenvalue weighted by molar-refractivity contribution is 5.64. The van der Waals surface area contributed by atoms with E-state index >= 15 is 0 Å². The van der Waals surface area contributed by atoms with Crippen molar-refractivity contribution in [1.29, 1.82) is 0 Å². The van der Waals surface area contributed by atoms with Crippen molar-refractivity contribution >= 4 is 0 Å². The summed E-state index contributed by atoms with van der Waals surface area (Å²) in [7, 11) is 4.20. The third-order valence-electron chi connectivity index (χ3n) is 4.81. The summed E-state index contributed by atoms with van der Waals surface area (Å²) in [6, 6.07) is 17.4. The maximum atomic E-state index is 6.05. The molecule has 3 heteroatoms. The van der Waals surface area contributed by atoms with Gasteiger partial charge in [0.2, 0.25) is 0 Å². The first-order chi connectivity index (χ1) is 12.2. The van der Waals surface area contributed by atoms with Crippen LogP contribution in [0.2, 0.25) is 0 Å². The van der Waals surface area contributed by atoms with E-state index in [2.05, 4.69) is 72.8 Å². The molecule has 1 aliphatic rings. The molecule has 3 rings (SSSR count). The van der Waals surface area contributed by atoms with Gasteiger partial charge >= 0.3 is 0 Å². The number of ether oxygens (including phenoxy) is 1. The van der Waals surface area contributed by atoms with E-state index in [1.54, 1.807) is 0 Å². The van der Waals surface area contributed by atoms with E-state index in [4.69, 9.17) is 4.74 Å². The number of likely N-dealkylation sites (N-methyl/N-ethyl adjacent to an activating group) is 1. The standard InChI is InChI=1S/C22H30N2O/c1-24(2)16-15-23-17-18-7-9-19(10-8-18)20-11-13-22(14-12-20)25-21-5-3-4-6-21/h7-14,21,23H,3-6,15-17H2,1-2H3. The molecule has 1 N–H and O–H groups in total. The van der Waals surface area contributed by atoms with Crippen LogP contribution in [-0.2, 0) is 6.54 Å². The molecule has 3 nitrogen and oxygen atoms in total. The maximum Gasteiger partial charge on any atom is 0.119 e. The molecule has 2 aromatic rings. The summed E-state index contributed by atoms with van der Waals surface area (Å²) in [5, 5.41) is 3.48. The molecule has 0 aromatic heterocycles. The molecule has 0 radical (unpaired) electrons. The fourth-order valence-electron chi connectivity index (χ4n) is 3.28. The lowest BCUT2D eigenvalue weighted by atomic mass is 10.0. The fraction of sp³-hybridized carbons (Fsp3) is 0.455. The average molecular weight is 338 g/mol. The molecule has 0 aliphatic heterocycles. The van der Waals surface area contributed by atoms with Gasteiger partial charge in [-0.15, -0.1) is 0 Å². The van der Waals surface area contributed by atoms with Gasteiger partial charge in [-0.1, -0.05) is 36.4 Å². The predicted octanol–water partition coefficient (Wildman–Crippen LogP) is 4.33. The molecule has 0 amide bonds. The van der Waals surface area contributed by atoms with Crippen molar-refractivity contribution in [1.82, 2.24) is 10.2 Å².